The molecule has 0 unspecified atom stereocenters. The summed E-state index contributed by atoms with van der Waals surface area (Å²) in [6.45, 7) is 1.03. The van der Waals surface area contributed by atoms with Crippen LogP contribution in [-0.2, 0) is 14.6 Å². The number of halogens is 1. The lowest BCUT2D eigenvalue weighted by Crippen LogP contribution is -2.27. The zero-order valence-electron chi connectivity index (χ0n) is 11.1. The lowest BCUT2D eigenvalue weighted by atomic mass is 10.1. The van der Waals surface area contributed by atoms with Crippen molar-refractivity contribution in [2.45, 2.75) is 6.42 Å². The van der Waals surface area contributed by atoms with E-state index in [1.54, 1.807) is 12.1 Å². The molecule has 2 aliphatic heterocycles. The van der Waals surface area contributed by atoms with Crippen molar-refractivity contribution in [3.63, 3.8) is 0 Å². The number of fused-ring (bicyclic) bond motifs is 1. The number of nitrogens with one attached hydrogen (secondary N) is 1. The van der Waals surface area contributed by atoms with Gasteiger partial charge in [0.05, 0.1) is 28.4 Å². The van der Waals surface area contributed by atoms with Gasteiger partial charge in [0.2, 0.25) is 0 Å². The summed E-state index contributed by atoms with van der Waals surface area (Å²) in [5.74, 6) is -0.869. The molecule has 0 spiro atoms. The van der Waals surface area contributed by atoms with Gasteiger partial charge >= 0.3 is 0 Å². The van der Waals surface area contributed by atoms with Crippen molar-refractivity contribution in [1.29, 1.82) is 0 Å². The van der Waals surface area contributed by atoms with Gasteiger partial charge in [-0.05, 0) is 34.5 Å². The summed E-state index contributed by atoms with van der Waals surface area (Å²) in [4.78, 5) is 25.0. The Bertz CT molecular complexity index is 745. The molecule has 2 heterocycles. The van der Waals surface area contributed by atoms with E-state index in [4.69, 9.17) is 0 Å². The molecule has 1 fully saturated rings. The highest BCUT2D eigenvalue weighted by Gasteiger charge is 2.30. The Kier molecular flexibility index (Phi) is 3.53. The highest BCUT2D eigenvalue weighted by atomic mass is 79.9. The van der Waals surface area contributed by atoms with Gasteiger partial charge in [0.15, 0.2) is 9.84 Å². The van der Waals surface area contributed by atoms with E-state index in [-0.39, 0.29) is 11.5 Å². The Labute approximate surface area is 130 Å². The van der Waals surface area contributed by atoms with E-state index in [2.05, 4.69) is 21.2 Å². The molecule has 112 valence electrons. The molecule has 2 aliphatic rings. The SMILES string of the molecule is O=C1Nc2cc(N3CCCS(=O)(=O)CC3)c(Br)cc2C1=O. The van der Waals surface area contributed by atoms with Crippen molar-refractivity contribution in [3.05, 3.63) is 22.2 Å². The number of ketones is 1. The van der Waals surface area contributed by atoms with E-state index in [0.717, 1.165) is 5.69 Å². The first kappa shape index (κ1) is 14.5. The number of benzene rings is 1. The molecule has 1 saturated heterocycles. The smallest absolute Gasteiger partial charge is 0.296 e. The van der Waals surface area contributed by atoms with E-state index >= 15 is 0 Å². The van der Waals surface area contributed by atoms with Crippen LogP contribution in [0.3, 0.4) is 0 Å². The fourth-order valence-electron chi connectivity index (χ4n) is 2.58. The number of carbonyl (C=O) groups is 2. The van der Waals surface area contributed by atoms with E-state index in [9.17, 15) is 18.0 Å². The summed E-state index contributed by atoms with van der Waals surface area (Å²) in [5.41, 5.74) is 1.62. The zero-order chi connectivity index (χ0) is 15.2. The van der Waals surface area contributed by atoms with Crippen LogP contribution in [0, 0.1) is 0 Å². The lowest BCUT2D eigenvalue weighted by Gasteiger charge is -2.24. The molecule has 0 aliphatic carbocycles. The highest BCUT2D eigenvalue weighted by Crippen LogP contribution is 2.35. The number of carbonyl (C=O) groups excluding carboxylic acids is 2. The first-order valence-electron chi connectivity index (χ1n) is 6.52. The second-order valence-electron chi connectivity index (χ2n) is 5.12. The number of sulfone groups is 1. The van der Waals surface area contributed by atoms with Crippen molar-refractivity contribution in [3.8, 4) is 0 Å². The average molecular weight is 373 g/mol. The number of anilines is 2. The van der Waals surface area contributed by atoms with Gasteiger partial charge in [0, 0.05) is 17.6 Å². The molecule has 0 radical (unpaired) electrons. The number of nitrogens with zero attached hydrogens (tertiary/aromatic N) is 1. The van der Waals surface area contributed by atoms with Gasteiger partial charge in [0.1, 0.15) is 0 Å². The predicted molar refractivity (Wildman–Crippen MR) is 82.6 cm³/mol. The van der Waals surface area contributed by atoms with Crippen LogP contribution in [0.25, 0.3) is 0 Å². The van der Waals surface area contributed by atoms with Crippen molar-refractivity contribution in [2.24, 2.45) is 0 Å². The molecule has 1 aromatic rings. The minimum Gasteiger partial charge on any atom is -0.370 e. The number of amides is 1. The van der Waals surface area contributed by atoms with Crippen molar-refractivity contribution in [2.75, 3.05) is 34.8 Å². The Hall–Kier alpha value is -1.41. The fraction of sp³-hybridized carbons (Fsp3) is 0.385. The van der Waals surface area contributed by atoms with Crippen LogP contribution in [0.4, 0.5) is 11.4 Å². The number of rotatable bonds is 1. The van der Waals surface area contributed by atoms with Crippen molar-refractivity contribution in [1.82, 2.24) is 0 Å². The van der Waals surface area contributed by atoms with E-state index < -0.39 is 21.5 Å². The van der Waals surface area contributed by atoms with Gasteiger partial charge in [-0.2, -0.15) is 0 Å². The summed E-state index contributed by atoms with van der Waals surface area (Å²) in [5, 5.41) is 2.53. The molecule has 0 saturated carbocycles. The Balaban J connectivity index is 1.95. The highest BCUT2D eigenvalue weighted by molar-refractivity contribution is 9.10. The lowest BCUT2D eigenvalue weighted by molar-refractivity contribution is -0.112. The maximum absolute atomic E-state index is 11.7. The van der Waals surface area contributed by atoms with Gasteiger partial charge in [-0.25, -0.2) is 8.42 Å². The van der Waals surface area contributed by atoms with Crippen LogP contribution in [0.15, 0.2) is 16.6 Å². The largest absolute Gasteiger partial charge is 0.370 e. The average Bonchev–Trinajstić information content (AvgIpc) is 2.59. The molecule has 6 nitrogen and oxygen atoms in total. The molecule has 0 aromatic heterocycles. The normalized spacial score (nSPS) is 20.9. The maximum atomic E-state index is 11.7. The third-order valence-electron chi connectivity index (χ3n) is 3.68. The first-order valence-corrected chi connectivity index (χ1v) is 9.13. The molecule has 0 bridgehead atoms. The van der Waals surface area contributed by atoms with Gasteiger partial charge in [-0.1, -0.05) is 0 Å². The standard InChI is InChI=1S/C13H13BrN2O4S/c14-9-6-8-10(15-13(18)12(8)17)7-11(9)16-2-1-4-21(19,20)5-3-16/h6-7H,1-5H2,(H,15,17,18). The fourth-order valence-corrected chi connectivity index (χ4v) is 4.44. The Morgan fingerprint density at radius 1 is 1.14 bits per heavy atom. The summed E-state index contributed by atoms with van der Waals surface area (Å²) >= 11 is 3.40. The van der Waals surface area contributed by atoms with Gasteiger partial charge in [0.25, 0.3) is 11.7 Å². The second kappa shape index (κ2) is 5.10. The first-order chi connectivity index (χ1) is 9.87. The predicted octanol–water partition coefficient (Wildman–Crippen LogP) is 1.21. The Morgan fingerprint density at radius 3 is 2.67 bits per heavy atom. The molecule has 1 aromatic carbocycles. The molecule has 1 N–H and O–H groups in total. The van der Waals surface area contributed by atoms with Crippen LogP contribution in [0.5, 0.6) is 0 Å². The molecular weight excluding hydrogens is 360 g/mol. The van der Waals surface area contributed by atoms with Crippen LogP contribution >= 0.6 is 15.9 Å². The third kappa shape index (κ3) is 2.69. The second-order valence-corrected chi connectivity index (χ2v) is 8.28. The number of hydrogen-bond acceptors (Lipinski definition) is 5. The van der Waals surface area contributed by atoms with Crippen LogP contribution in [-0.4, -0.2) is 44.7 Å². The summed E-state index contributed by atoms with van der Waals surface area (Å²) in [6.07, 6.45) is 0.567. The monoisotopic (exact) mass is 372 g/mol. The quantitative estimate of drug-likeness (QED) is 0.749. The minimum absolute atomic E-state index is 0.113. The molecule has 8 heteroatoms. The third-order valence-corrected chi connectivity index (χ3v) is 6.03. The summed E-state index contributed by atoms with van der Waals surface area (Å²) < 4.78 is 24.0. The molecular formula is C13H13BrN2O4S. The van der Waals surface area contributed by atoms with Gasteiger partial charge in [-0.3, -0.25) is 9.59 Å². The summed E-state index contributed by atoms with van der Waals surface area (Å²) in [6, 6.07) is 3.34. The molecule has 0 atom stereocenters. The van der Waals surface area contributed by atoms with E-state index in [1.165, 1.54) is 0 Å². The summed E-state index contributed by atoms with van der Waals surface area (Å²) in [7, 11) is -2.98. The maximum Gasteiger partial charge on any atom is 0.296 e. The Morgan fingerprint density at radius 2 is 1.90 bits per heavy atom. The molecule has 21 heavy (non-hydrogen) atoms. The number of Topliss-reactive ketones (excluding diaryl/α,β-unsaturated/α-hetero) is 1. The number of hydrogen-bond donors (Lipinski definition) is 1. The van der Waals surface area contributed by atoms with Crippen LogP contribution in [0.1, 0.15) is 16.8 Å². The van der Waals surface area contributed by atoms with E-state index in [0.29, 0.717) is 35.2 Å². The van der Waals surface area contributed by atoms with Crippen LogP contribution < -0.4 is 10.2 Å². The van der Waals surface area contributed by atoms with Crippen LogP contribution in [0.2, 0.25) is 0 Å². The zero-order valence-corrected chi connectivity index (χ0v) is 13.5. The van der Waals surface area contributed by atoms with Gasteiger partial charge < -0.3 is 10.2 Å². The molecule has 3 rings (SSSR count). The van der Waals surface area contributed by atoms with E-state index in [1.807, 2.05) is 4.90 Å². The topological polar surface area (TPSA) is 83.6 Å². The molecule has 1 amide bonds. The van der Waals surface area contributed by atoms with Gasteiger partial charge in [-0.15, -0.1) is 0 Å². The minimum atomic E-state index is -2.98. The van der Waals surface area contributed by atoms with Crippen molar-refractivity contribution < 1.29 is 18.0 Å². The van der Waals surface area contributed by atoms with Crippen molar-refractivity contribution >= 4 is 48.8 Å².